The molecule has 3 aromatic rings. The van der Waals surface area contributed by atoms with Gasteiger partial charge in [-0.15, -0.1) is 0 Å². The van der Waals surface area contributed by atoms with E-state index in [0.717, 1.165) is 39.0 Å². The lowest BCUT2D eigenvalue weighted by molar-refractivity contribution is -0.384. The Hall–Kier alpha value is -3.05. The zero-order valence-corrected chi connectivity index (χ0v) is 19.3. The van der Waals surface area contributed by atoms with Crippen LogP contribution in [0.4, 0.5) is 5.69 Å². The highest BCUT2D eigenvalue weighted by atomic mass is 127. The molecular weight excluding hydrogens is 505 g/mol. The fourth-order valence-electron chi connectivity index (χ4n) is 2.78. The molecular formula is C25H22INO4. The first kappa shape index (κ1) is 22.6. The summed E-state index contributed by atoms with van der Waals surface area (Å²) < 4.78 is 12.8. The van der Waals surface area contributed by atoms with Gasteiger partial charge in [0.05, 0.1) is 15.1 Å². The molecule has 0 saturated carbocycles. The minimum absolute atomic E-state index is 0.0269. The molecule has 0 aromatic heterocycles. The van der Waals surface area contributed by atoms with Crippen LogP contribution in [0.15, 0.2) is 66.7 Å². The molecule has 6 heteroatoms. The third-order valence-corrected chi connectivity index (χ3v) is 5.36. The third kappa shape index (κ3) is 6.72. The SMILES string of the molecule is CCCCOc1ccc(I)c(OCc2ccccc2C#Cc2cccc([N+](=O)[O-])c2)c1. The summed E-state index contributed by atoms with van der Waals surface area (Å²) in [5.41, 5.74) is 2.38. The van der Waals surface area contributed by atoms with E-state index in [0.29, 0.717) is 18.8 Å². The lowest BCUT2D eigenvalue weighted by Gasteiger charge is -2.12. The Bertz CT molecular complexity index is 1120. The van der Waals surface area contributed by atoms with Gasteiger partial charge in [0.2, 0.25) is 0 Å². The zero-order valence-electron chi connectivity index (χ0n) is 17.1. The normalized spacial score (nSPS) is 10.1. The highest BCUT2D eigenvalue weighted by molar-refractivity contribution is 14.1. The van der Waals surface area contributed by atoms with Gasteiger partial charge in [-0.2, -0.15) is 0 Å². The molecule has 0 aliphatic carbocycles. The summed E-state index contributed by atoms with van der Waals surface area (Å²) in [5.74, 6) is 7.68. The third-order valence-electron chi connectivity index (χ3n) is 4.47. The van der Waals surface area contributed by atoms with Crippen LogP contribution in [-0.4, -0.2) is 11.5 Å². The molecule has 0 bridgehead atoms. The molecule has 0 heterocycles. The van der Waals surface area contributed by atoms with E-state index in [-0.39, 0.29) is 5.69 Å². The molecule has 0 N–H and O–H groups in total. The average Bonchev–Trinajstić information content (AvgIpc) is 2.78. The molecule has 3 aromatic carbocycles. The number of nitro groups is 1. The van der Waals surface area contributed by atoms with Gasteiger partial charge in [0.15, 0.2) is 0 Å². The first-order valence-corrected chi connectivity index (χ1v) is 11.0. The van der Waals surface area contributed by atoms with Crippen LogP contribution in [0.25, 0.3) is 0 Å². The predicted molar refractivity (Wildman–Crippen MR) is 129 cm³/mol. The van der Waals surface area contributed by atoms with E-state index in [1.807, 2.05) is 42.5 Å². The largest absolute Gasteiger partial charge is 0.493 e. The van der Waals surface area contributed by atoms with E-state index < -0.39 is 4.92 Å². The number of benzene rings is 3. The maximum absolute atomic E-state index is 11.0. The summed E-state index contributed by atoms with van der Waals surface area (Å²) >= 11 is 2.24. The van der Waals surface area contributed by atoms with Gasteiger partial charge in [-0.1, -0.05) is 49.5 Å². The van der Waals surface area contributed by atoms with Gasteiger partial charge in [-0.05, 0) is 53.3 Å². The molecule has 0 fully saturated rings. The summed E-state index contributed by atoms with van der Waals surface area (Å²) in [6.45, 7) is 3.17. The number of rotatable bonds is 8. The lowest BCUT2D eigenvalue weighted by atomic mass is 10.1. The monoisotopic (exact) mass is 527 g/mol. The molecule has 5 nitrogen and oxygen atoms in total. The molecule has 31 heavy (non-hydrogen) atoms. The Kier molecular flexibility index (Phi) is 8.30. The van der Waals surface area contributed by atoms with Crippen molar-refractivity contribution in [2.75, 3.05) is 6.61 Å². The Morgan fingerprint density at radius 2 is 1.84 bits per heavy atom. The van der Waals surface area contributed by atoms with Crippen molar-refractivity contribution in [1.82, 2.24) is 0 Å². The van der Waals surface area contributed by atoms with Gasteiger partial charge < -0.3 is 9.47 Å². The van der Waals surface area contributed by atoms with Gasteiger partial charge in [-0.3, -0.25) is 10.1 Å². The molecule has 0 aliphatic rings. The number of hydrogen-bond acceptors (Lipinski definition) is 4. The van der Waals surface area contributed by atoms with E-state index in [1.54, 1.807) is 12.1 Å². The molecule has 0 amide bonds. The van der Waals surface area contributed by atoms with Crippen LogP contribution in [0.1, 0.15) is 36.5 Å². The fourth-order valence-corrected chi connectivity index (χ4v) is 3.27. The van der Waals surface area contributed by atoms with Gasteiger partial charge in [0.1, 0.15) is 18.1 Å². The van der Waals surface area contributed by atoms with Crippen LogP contribution < -0.4 is 9.47 Å². The first-order chi connectivity index (χ1) is 15.1. The van der Waals surface area contributed by atoms with Crippen LogP contribution in [0, 0.1) is 25.5 Å². The number of ether oxygens (including phenoxy) is 2. The van der Waals surface area contributed by atoms with Crippen molar-refractivity contribution < 1.29 is 14.4 Å². The van der Waals surface area contributed by atoms with Crippen molar-refractivity contribution >= 4 is 28.3 Å². The van der Waals surface area contributed by atoms with Gasteiger partial charge >= 0.3 is 0 Å². The van der Waals surface area contributed by atoms with Crippen molar-refractivity contribution in [1.29, 1.82) is 0 Å². The second-order valence-corrected chi connectivity index (χ2v) is 7.96. The predicted octanol–water partition coefficient (Wildman–Crippen LogP) is 6.36. The molecule has 3 rings (SSSR count). The lowest BCUT2D eigenvalue weighted by Crippen LogP contribution is -2.01. The second kappa shape index (κ2) is 11.4. The number of hydrogen-bond donors (Lipinski definition) is 0. The van der Waals surface area contributed by atoms with Crippen molar-refractivity contribution in [2.24, 2.45) is 0 Å². The molecule has 158 valence electrons. The van der Waals surface area contributed by atoms with Crippen LogP contribution in [0.2, 0.25) is 0 Å². The number of nitrogens with zero attached hydrogens (tertiary/aromatic N) is 1. The zero-order chi connectivity index (χ0) is 22.1. The minimum Gasteiger partial charge on any atom is -0.493 e. The highest BCUT2D eigenvalue weighted by Crippen LogP contribution is 2.27. The number of halogens is 1. The van der Waals surface area contributed by atoms with Crippen LogP contribution in [0.5, 0.6) is 11.5 Å². The van der Waals surface area contributed by atoms with Crippen LogP contribution in [0.3, 0.4) is 0 Å². The smallest absolute Gasteiger partial charge is 0.270 e. The van der Waals surface area contributed by atoms with E-state index in [4.69, 9.17) is 9.47 Å². The topological polar surface area (TPSA) is 61.6 Å². The Balaban J connectivity index is 1.74. The minimum atomic E-state index is -0.422. The van der Waals surface area contributed by atoms with E-state index in [9.17, 15) is 10.1 Å². The van der Waals surface area contributed by atoms with Crippen LogP contribution >= 0.6 is 22.6 Å². The average molecular weight is 527 g/mol. The Morgan fingerprint density at radius 1 is 1.00 bits per heavy atom. The molecule has 0 saturated heterocycles. The van der Waals surface area contributed by atoms with Gasteiger partial charge in [0.25, 0.3) is 5.69 Å². The molecule has 0 spiro atoms. The van der Waals surface area contributed by atoms with Gasteiger partial charge in [-0.25, -0.2) is 0 Å². The number of unbranched alkanes of at least 4 members (excludes halogenated alkanes) is 1. The van der Waals surface area contributed by atoms with Crippen molar-refractivity contribution in [3.05, 3.63) is 97.1 Å². The summed E-state index contributed by atoms with van der Waals surface area (Å²) in [5, 5.41) is 11.0. The standard InChI is InChI=1S/C25H22INO4/c1-2-3-15-30-23-13-14-24(26)25(17-23)31-18-21-9-5-4-8-20(21)12-11-19-7-6-10-22(16-19)27(28)29/h4-10,13-14,16-17H,2-3,15,18H2,1H3. The molecule has 0 radical (unpaired) electrons. The highest BCUT2D eigenvalue weighted by Gasteiger charge is 2.07. The van der Waals surface area contributed by atoms with E-state index >= 15 is 0 Å². The van der Waals surface area contributed by atoms with E-state index in [1.165, 1.54) is 12.1 Å². The Labute approximate surface area is 195 Å². The molecule has 0 atom stereocenters. The van der Waals surface area contributed by atoms with Crippen molar-refractivity contribution in [2.45, 2.75) is 26.4 Å². The van der Waals surface area contributed by atoms with E-state index in [2.05, 4.69) is 41.4 Å². The van der Waals surface area contributed by atoms with Gasteiger partial charge in [0, 0.05) is 34.9 Å². The fraction of sp³-hybridized carbons (Fsp3) is 0.200. The summed E-state index contributed by atoms with van der Waals surface area (Å²) in [6, 6.07) is 19.9. The van der Waals surface area contributed by atoms with Crippen molar-refractivity contribution in [3.63, 3.8) is 0 Å². The Morgan fingerprint density at radius 3 is 2.65 bits per heavy atom. The number of non-ortho nitro benzene ring substituents is 1. The summed E-state index contributed by atoms with van der Waals surface area (Å²) in [6.07, 6.45) is 2.10. The first-order valence-electron chi connectivity index (χ1n) is 9.96. The molecule has 0 unspecified atom stereocenters. The summed E-state index contributed by atoms with van der Waals surface area (Å²) in [4.78, 5) is 10.5. The molecule has 0 aliphatic heterocycles. The maximum Gasteiger partial charge on any atom is 0.270 e. The van der Waals surface area contributed by atoms with Crippen LogP contribution in [-0.2, 0) is 6.61 Å². The quantitative estimate of drug-likeness (QED) is 0.113. The second-order valence-electron chi connectivity index (χ2n) is 6.80. The maximum atomic E-state index is 11.0. The summed E-state index contributed by atoms with van der Waals surface area (Å²) in [7, 11) is 0. The number of nitro benzene ring substituents is 1. The van der Waals surface area contributed by atoms with Crippen molar-refractivity contribution in [3.8, 4) is 23.3 Å².